The zero-order valence-corrected chi connectivity index (χ0v) is 12.3. The number of carbonyl (C=O) groups excluding carboxylic acids is 1. The van der Waals surface area contributed by atoms with E-state index in [1.807, 2.05) is 30.3 Å². The van der Waals surface area contributed by atoms with Crippen LogP contribution in [0.4, 0.5) is 0 Å². The lowest BCUT2D eigenvalue weighted by atomic mass is 10.1. The number of hydrogen-bond donors (Lipinski definition) is 1. The Labute approximate surface area is 126 Å². The maximum absolute atomic E-state index is 12.0. The summed E-state index contributed by atoms with van der Waals surface area (Å²) in [4.78, 5) is 14.0. The van der Waals surface area contributed by atoms with Gasteiger partial charge in [-0.25, -0.2) is 5.84 Å². The van der Waals surface area contributed by atoms with Crippen molar-refractivity contribution in [3.8, 4) is 0 Å². The maximum atomic E-state index is 12.0. The highest BCUT2D eigenvalue weighted by molar-refractivity contribution is 5.85. The van der Waals surface area contributed by atoms with E-state index in [-0.39, 0.29) is 18.3 Å². The van der Waals surface area contributed by atoms with Crippen LogP contribution >= 0.6 is 12.4 Å². The Kier molecular flexibility index (Phi) is 7.54. The van der Waals surface area contributed by atoms with Gasteiger partial charge in [-0.2, -0.15) is 0 Å². The summed E-state index contributed by atoms with van der Waals surface area (Å²) in [5.41, 5.74) is 1.19. The molecule has 112 valence electrons. The van der Waals surface area contributed by atoms with Crippen LogP contribution in [0.1, 0.15) is 5.56 Å². The van der Waals surface area contributed by atoms with Gasteiger partial charge in [0.25, 0.3) is 5.91 Å². The predicted molar refractivity (Wildman–Crippen MR) is 80.6 cm³/mol. The van der Waals surface area contributed by atoms with Gasteiger partial charge in [0.05, 0.1) is 19.8 Å². The minimum absolute atomic E-state index is 0. The van der Waals surface area contributed by atoms with Crippen molar-refractivity contribution in [2.24, 2.45) is 5.84 Å². The van der Waals surface area contributed by atoms with Crippen LogP contribution in [0.25, 0.3) is 0 Å². The lowest BCUT2D eigenvalue weighted by Crippen LogP contribution is -2.47. The van der Waals surface area contributed by atoms with E-state index in [0.29, 0.717) is 26.3 Å². The fraction of sp³-hybridized carbons (Fsp3) is 0.500. The molecule has 1 saturated heterocycles. The number of benzene rings is 1. The monoisotopic (exact) mass is 299 g/mol. The summed E-state index contributed by atoms with van der Waals surface area (Å²) in [5.74, 6) is 5.78. The molecular weight excluding hydrogens is 278 g/mol. The van der Waals surface area contributed by atoms with Gasteiger partial charge in [0, 0.05) is 19.6 Å². The number of hydrazine groups is 1. The number of rotatable bonds is 5. The summed E-state index contributed by atoms with van der Waals surface area (Å²) in [6, 6.07) is 10.0. The minimum Gasteiger partial charge on any atom is -0.379 e. The Balaban J connectivity index is 0.00000200. The number of nitrogens with two attached hydrogens (primary N) is 1. The second-order valence-corrected chi connectivity index (χ2v) is 4.71. The molecule has 2 rings (SSSR count). The normalized spacial score (nSPS) is 15.4. The molecule has 0 unspecified atom stereocenters. The quantitative estimate of drug-likeness (QED) is 0.494. The molecular formula is C14H22ClN3O2. The highest BCUT2D eigenvalue weighted by Crippen LogP contribution is 2.01. The molecule has 1 aliphatic heterocycles. The molecule has 0 aliphatic carbocycles. The van der Waals surface area contributed by atoms with E-state index in [9.17, 15) is 4.79 Å². The van der Waals surface area contributed by atoms with Gasteiger partial charge >= 0.3 is 0 Å². The molecule has 1 fully saturated rings. The minimum atomic E-state index is -0.0298. The lowest BCUT2D eigenvalue weighted by molar-refractivity contribution is -0.133. The Morgan fingerprint density at radius 1 is 1.25 bits per heavy atom. The Hall–Kier alpha value is -1.14. The molecule has 0 atom stereocenters. The van der Waals surface area contributed by atoms with Crippen molar-refractivity contribution in [3.63, 3.8) is 0 Å². The zero-order valence-electron chi connectivity index (χ0n) is 11.5. The van der Waals surface area contributed by atoms with Crippen LogP contribution in [-0.2, 0) is 16.0 Å². The molecule has 0 radical (unpaired) electrons. The van der Waals surface area contributed by atoms with E-state index in [0.717, 1.165) is 19.5 Å². The van der Waals surface area contributed by atoms with Gasteiger partial charge in [-0.15, -0.1) is 12.4 Å². The number of carbonyl (C=O) groups is 1. The van der Waals surface area contributed by atoms with E-state index in [2.05, 4.69) is 4.90 Å². The van der Waals surface area contributed by atoms with Crippen LogP contribution in [0, 0.1) is 0 Å². The van der Waals surface area contributed by atoms with Crippen molar-refractivity contribution in [1.29, 1.82) is 0 Å². The largest absolute Gasteiger partial charge is 0.379 e. The van der Waals surface area contributed by atoms with Crippen molar-refractivity contribution < 1.29 is 9.53 Å². The summed E-state index contributed by atoms with van der Waals surface area (Å²) in [5, 5.41) is 1.32. The molecule has 1 aliphatic rings. The molecule has 0 aromatic heterocycles. The SMILES string of the molecule is Cl.NN(CCc1ccccc1)C(=O)CN1CCOCC1. The third-order valence-electron chi connectivity index (χ3n) is 3.27. The van der Waals surface area contributed by atoms with Crippen LogP contribution in [0.2, 0.25) is 0 Å². The van der Waals surface area contributed by atoms with E-state index in [1.54, 1.807) is 0 Å². The Morgan fingerprint density at radius 2 is 1.90 bits per heavy atom. The predicted octanol–water partition coefficient (Wildman–Crippen LogP) is 0.685. The van der Waals surface area contributed by atoms with Gasteiger partial charge in [0.15, 0.2) is 0 Å². The number of halogens is 1. The topological polar surface area (TPSA) is 58.8 Å². The van der Waals surface area contributed by atoms with Crippen molar-refractivity contribution in [3.05, 3.63) is 35.9 Å². The molecule has 0 bridgehead atoms. The van der Waals surface area contributed by atoms with E-state index < -0.39 is 0 Å². The van der Waals surface area contributed by atoms with Crippen molar-refractivity contribution >= 4 is 18.3 Å². The molecule has 1 aromatic carbocycles. The molecule has 2 N–H and O–H groups in total. The van der Waals surface area contributed by atoms with Crippen LogP contribution in [0.15, 0.2) is 30.3 Å². The first-order chi connectivity index (χ1) is 9.25. The van der Waals surface area contributed by atoms with E-state index >= 15 is 0 Å². The zero-order chi connectivity index (χ0) is 13.5. The second kappa shape index (κ2) is 8.92. The molecule has 6 heteroatoms. The standard InChI is InChI=1S/C14H21N3O2.ClH/c15-17(7-6-13-4-2-1-3-5-13)14(18)12-16-8-10-19-11-9-16;/h1-5H,6-12,15H2;1H. The summed E-state index contributed by atoms with van der Waals surface area (Å²) in [6.45, 7) is 3.93. The fourth-order valence-electron chi connectivity index (χ4n) is 2.06. The van der Waals surface area contributed by atoms with Crippen LogP contribution in [-0.4, -0.2) is 55.2 Å². The average Bonchev–Trinajstić information content (AvgIpc) is 2.47. The molecule has 1 aromatic rings. The van der Waals surface area contributed by atoms with Crippen LogP contribution in [0.3, 0.4) is 0 Å². The third kappa shape index (κ3) is 5.46. The van der Waals surface area contributed by atoms with Gasteiger partial charge in [-0.05, 0) is 12.0 Å². The van der Waals surface area contributed by atoms with Crippen LogP contribution in [0.5, 0.6) is 0 Å². The molecule has 5 nitrogen and oxygen atoms in total. The van der Waals surface area contributed by atoms with E-state index in [4.69, 9.17) is 10.6 Å². The number of ether oxygens (including phenoxy) is 1. The lowest BCUT2D eigenvalue weighted by Gasteiger charge is -2.27. The van der Waals surface area contributed by atoms with Gasteiger partial charge in [0.2, 0.25) is 0 Å². The molecule has 0 spiro atoms. The first-order valence-corrected chi connectivity index (χ1v) is 6.65. The number of morpholine rings is 1. The first-order valence-electron chi connectivity index (χ1n) is 6.65. The average molecular weight is 300 g/mol. The van der Waals surface area contributed by atoms with Crippen LogP contribution < -0.4 is 5.84 Å². The molecule has 20 heavy (non-hydrogen) atoms. The maximum Gasteiger partial charge on any atom is 0.250 e. The smallest absolute Gasteiger partial charge is 0.250 e. The second-order valence-electron chi connectivity index (χ2n) is 4.71. The summed E-state index contributed by atoms with van der Waals surface area (Å²) >= 11 is 0. The Morgan fingerprint density at radius 3 is 2.55 bits per heavy atom. The highest BCUT2D eigenvalue weighted by atomic mass is 35.5. The van der Waals surface area contributed by atoms with Gasteiger partial charge in [-0.1, -0.05) is 30.3 Å². The fourth-order valence-corrected chi connectivity index (χ4v) is 2.06. The molecule has 0 saturated carbocycles. The van der Waals surface area contributed by atoms with Gasteiger partial charge in [-0.3, -0.25) is 14.7 Å². The first kappa shape index (κ1) is 16.9. The van der Waals surface area contributed by atoms with E-state index in [1.165, 1.54) is 10.6 Å². The molecule has 1 heterocycles. The van der Waals surface area contributed by atoms with Crippen molar-refractivity contribution in [2.75, 3.05) is 39.4 Å². The highest BCUT2D eigenvalue weighted by Gasteiger charge is 2.17. The number of nitrogens with zero attached hydrogens (tertiary/aromatic N) is 2. The summed E-state index contributed by atoms with van der Waals surface area (Å²) in [6.07, 6.45) is 0.784. The Bertz CT molecular complexity index is 397. The van der Waals surface area contributed by atoms with Gasteiger partial charge in [0.1, 0.15) is 0 Å². The third-order valence-corrected chi connectivity index (χ3v) is 3.27. The number of amides is 1. The van der Waals surface area contributed by atoms with Gasteiger partial charge < -0.3 is 4.74 Å². The molecule has 1 amide bonds. The van der Waals surface area contributed by atoms with Crippen molar-refractivity contribution in [2.45, 2.75) is 6.42 Å². The number of hydrogen-bond acceptors (Lipinski definition) is 4. The summed E-state index contributed by atoms with van der Waals surface area (Å²) < 4.78 is 5.25. The van der Waals surface area contributed by atoms with Crippen molar-refractivity contribution in [1.82, 2.24) is 9.91 Å². The summed E-state index contributed by atoms with van der Waals surface area (Å²) in [7, 11) is 0.